The summed E-state index contributed by atoms with van der Waals surface area (Å²) in [5, 5.41) is 9.21. The number of carbonyl (C=O) groups is 1. The van der Waals surface area contributed by atoms with E-state index in [2.05, 4.69) is 4.72 Å². The summed E-state index contributed by atoms with van der Waals surface area (Å²) < 4.78 is 28.7. The van der Waals surface area contributed by atoms with Crippen LogP contribution in [0, 0.1) is 17.8 Å². The van der Waals surface area contributed by atoms with Gasteiger partial charge in [0.1, 0.15) is 6.04 Å². The minimum Gasteiger partial charge on any atom is -0.480 e. The molecule has 3 rings (SSSR count). The van der Waals surface area contributed by atoms with Crippen LogP contribution in [-0.2, 0) is 15.0 Å². The molecular formula is C14H24N2O4S. The second kappa shape index (κ2) is 5.85. The molecule has 3 aliphatic rings. The first-order valence-corrected chi connectivity index (χ1v) is 9.42. The Hall–Kier alpha value is -0.660. The number of carboxylic acids is 1. The van der Waals surface area contributed by atoms with Gasteiger partial charge in [-0.25, -0.2) is 4.72 Å². The van der Waals surface area contributed by atoms with E-state index in [0.717, 1.165) is 17.1 Å². The molecule has 0 amide bonds. The van der Waals surface area contributed by atoms with Crippen molar-refractivity contribution in [3.63, 3.8) is 0 Å². The number of hydrogen-bond acceptors (Lipinski definition) is 3. The molecule has 2 saturated carbocycles. The first-order valence-electron chi connectivity index (χ1n) is 7.98. The van der Waals surface area contributed by atoms with E-state index in [1.807, 2.05) is 0 Å². The molecule has 0 aromatic carbocycles. The Bertz CT molecular complexity index is 487. The normalized spacial score (nSPS) is 28.0. The van der Waals surface area contributed by atoms with Crippen LogP contribution in [0.5, 0.6) is 0 Å². The fourth-order valence-electron chi connectivity index (χ4n) is 3.49. The summed E-state index contributed by atoms with van der Waals surface area (Å²) in [6.45, 7) is 0.782. The van der Waals surface area contributed by atoms with Crippen LogP contribution in [0.2, 0.25) is 0 Å². The summed E-state index contributed by atoms with van der Waals surface area (Å²) in [7, 11) is -3.68. The predicted octanol–water partition coefficient (Wildman–Crippen LogP) is 1.20. The van der Waals surface area contributed by atoms with E-state index in [4.69, 9.17) is 0 Å². The quantitative estimate of drug-likeness (QED) is 0.739. The van der Waals surface area contributed by atoms with Gasteiger partial charge in [-0.15, -0.1) is 0 Å². The molecule has 120 valence electrons. The van der Waals surface area contributed by atoms with Crippen molar-refractivity contribution in [2.75, 3.05) is 13.1 Å². The molecule has 1 atom stereocenters. The number of nitrogens with one attached hydrogen (secondary N) is 1. The van der Waals surface area contributed by atoms with Gasteiger partial charge in [0.05, 0.1) is 0 Å². The smallest absolute Gasteiger partial charge is 0.322 e. The van der Waals surface area contributed by atoms with E-state index in [-0.39, 0.29) is 0 Å². The fourth-order valence-corrected chi connectivity index (χ4v) is 4.96. The minimum atomic E-state index is -3.68. The lowest BCUT2D eigenvalue weighted by Crippen LogP contribution is -2.52. The van der Waals surface area contributed by atoms with Crippen molar-refractivity contribution in [3.05, 3.63) is 0 Å². The highest BCUT2D eigenvalue weighted by atomic mass is 32.2. The standard InChI is InChI=1S/C14H24N2O4S/c17-14(18)13-3-1-2-8-16(13)21(19,20)15-9-12(10-4-5-10)11-6-7-11/h10-13,15H,1-9H2,(H,17,18). The van der Waals surface area contributed by atoms with Gasteiger partial charge >= 0.3 is 5.97 Å². The molecule has 2 aliphatic carbocycles. The first kappa shape index (κ1) is 15.2. The number of carboxylic acid groups (broad SMARTS) is 1. The van der Waals surface area contributed by atoms with E-state index < -0.39 is 22.2 Å². The molecule has 1 aliphatic heterocycles. The van der Waals surface area contributed by atoms with E-state index in [1.54, 1.807) is 0 Å². The highest BCUT2D eigenvalue weighted by molar-refractivity contribution is 7.87. The average Bonchev–Trinajstić information content (AvgIpc) is 3.32. The summed E-state index contributed by atoms with van der Waals surface area (Å²) in [4.78, 5) is 11.3. The number of piperidine rings is 1. The molecule has 0 radical (unpaired) electrons. The van der Waals surface area contributed by atoms with Gasteiger partial charge in [-0.05, 0) is 62.7 Å². The van der Waals surface area contributed by atoms with Crippen LogP contribution in [-0.4, -0.2) is 42.9 Å². The number of nitrogens with zero attached hydrogens (tertiary/aromatic N) is 1. The lowest BCUT2D eigenvalue weighted by molar-refractivity contribution is -0.142. The largest absolute Gasteiger partial charge is 0.480 e. The Balaban J connectivity index is 1.63. The molecular weight excluding hydrogens is 292 g/mol. The molecule has 7 heteroatoms. The second-order valence-electron chi connectivity index (χ2n) is 6.65. The zero-order valence-corrected chi connectivity index (χ0v) is 13.0. The summed E-state index contributed by atoms with van der Waals surface area (Å²) in [6, 6.07) is -0.906. The number of hydrogen-bond donors (Lipinski definition) is 2. The third kappa shape index (κ3) is 3.57. The molecule has 6 nitrogen and oxygen atoms in total. The van der Waals surface area contributed by atoms with Gasteiger partial charge in [-0.2, -0.15) is 12.7 Å². The van der Waals surface area contributed by atoms with E-state index in [9.17, 15) is 18.3 Å². The van der Waals surface area contributed by atoms with Gasteiger partial charge in [-0.1, -0.05) is 0 Å². The van der Waals surface area contributed by atoms with Gasteiger partial charge < -0.3 is 5.11 Å². The van der Waals surface area contributed by atoms with Crippen LogP contribution >= 0.6 is 0 Å². The summed E-state index contributed by atoms with van der Waals surface area (Å²) in [5.74, 6) is 0.766. The van der Waals surface area contributed by atoms with Crippen LogP contribution in [0.1, 0.15) is 44.9 Å². The van der Waals surface area contributed by atoms with Crippen LogP contribution < -0.4 is 4.72 Å². The lowest BCUT2D eigenvalue weighted by Gasteiger charge is -2.32. The maximum atomic E-state index is 12.4. The summed E-state index contributed by atoms with van der Waals surface area (Å²) in [5.41, 5.74) is 0. The van der Waals surface area contributed by atoms with Crippen molar-refractivity contribution >= 4 is 16.2 Å². The molecule has 3 fully saturated rings. The van der Waals surface area contributed by atoms with Gasteiger partial charge in [-0.3, -0.25) is 4.79 Å². The Morgan fingerprint density at radius 3 is 2.29 bits per heavy atom. The topological polar surface area (TPSA) is 86.7 Å². The SMILES string of the molecule is O=C(O)C1CCCCN1S(=O)(=O)NCC(C1CC1)C1CC1. The predicted molar refractivity (Wildman–Crippen MR) is 77.8 cm³/mol. The monoisotopic (exact) mass is 316 g/mol. The van der Waals surface area contributed by atoms with Crippen LogP contribution in [0.15, 0.2) is 0 Å². The van der Waals surface area contributed by atoms with Crippen molar-refractivity contribution in [1.82, 2.24) is 9.03 Å². The first-order chi connectivity index (χ1) is 9.99. The third-order valence-corrected chi connectivity index (χ3v) is 6.59. The van der Waals surface area contributed by atoms with E-state index in [1.165, 1.54) is 25.7 Å². The lowest BCUT2D eigenvalue weighted by atomic mass is 9.99. The van der Waals surface area contributed by atoms with Gasteiger partial charge in [0.2, 0.25) is 0 Å². The molecule has 1 unspecified atom stereocenters. The fraction of sp³-hybridized carbons (Fsp3) is 0.929. The second-order valence-corrected chi connectivity index (χ2v) is 8.36. The van der Waals surface area contributed by atoms with Crippen LogP contribution in [0.25, 0.3) is 0 Å². The summed E-state index contributed by atoms with van der Waals surface area (Å²) >= 11 is 0. The van der Waals surface area contributed by atoms with Crippen molar-refractivity contribution in [2.45, 2.75) is 51.0 Å². The Morgan fingerprint density at radius 2 is 1.76 bits per heavy atom. The van der Waals surface area contributed by atoms with Crippen molar-refractivity contribution in [3.8, 4) is 0 Å². The average molecular weight is 316 g/mol. The molecule has 2 N–H and O–H groups in total. The van der Waals surface area contributed by atoms with Crippen molar-refractivity contribution < 1.29 is 18.3 Å². The minimum absolute atomic E-state index is 0.309. The molecule has 0 aromatic heterocycles. The van der Waals surface area contributed by atoms with Crippen LogP contribution in [0.3, 0.4) is 0 Å². The maximum Gasteiger partial charge on any atom is 0.322 e. The number of aliphatic carboxylic acids is 1. The third-order valence-electron chi connectivity index (χ3n) is 5.00. The zero-order chi connectivity index (χ0) is 15.0. The highest BCUT2D eigenvalue weighted by Gasteiger charge is 2.43. The molecule has 1 saturated heterocycles. The van der Waals surface area contributed by atoms with E-state index in [0.29, 0.717) is 37.3 Å². The highest BCUT2D eigenvalue weighted by Crippen LogP contribution is 2.48. The maximum absolute atomic E-state index is 12.4. The Labute approximate surface area is 126 Å². The van der Waals surface area contributed by atoms with Gasteiger partial charge in [0, 0.05) is 13.1 Å². The molecule has 0 aromatic rings. The van der Waals surface area contributed by atoms with Crippen molar-refractivity contribution in [1.29, 1.82) is 0 Å². The molecule has 0 bridgehead atoms. The van der Waals surface area contributed by atoms with Crippen molar-refractivity contribution in [2.24, 2.45) is 17.8 Å². The van der Waals surface area contributed by atoms with Gasteiger partial charge in [0.15, 0.2) is 0 Å². The molecule has 0 spiro atoms. The number of rotatable bonds is 7. The summed E-state index contributed by atoms with van der Waals surface area (Å²) in [6.07, 6.45) is 6.77. The Kier molecular flexibility index (Phi) is 4.25. The van der Waals surface area contributed by atoms with Gasteiger partial charge in [0.25, 0.3) is 10.2 Å². The zero-order valence-electron chi connectivity index (χ0n) is 12.2. The van der Waals surface area contributed by atoms with Crippen LogP contribution in [0.4, 0.5) is 0 Å². The molecule has 1 heterocycles. The van der Waals surface area contributed by atoms with E-state index >= 15 is 0 Å². The Morgan fingerprint density at radius 1 is 1.14 bits per heavy atom. The molecule has 21 heavy (non-hydrogen) atoms.